The van der Waals surface area contributed by atoms with Crippen molar-refractivity contribution in [3.8, 4) is 0 Å². The van der Waals surface area contributed by atoms with E-state index < -0.39 is 0 Å². The Labute approximate surface area is 112 Å². The zero-order valence-electron chi connectivity index (χ0n) is 10.5. The van der Waals surface area contributed by atoms with Gasteiger partial charge in [-0.3, -0.25) is 0 Å². The van der Waals surface area contributed by atoms with Gasteiger partial charge >= 0.3 is 0 Å². The first-order chi connectivity index (χ1) is 8.07. The molecular formula is C13H20BrN3. The molecule has 1 aliphatic rings. The molecule has 3 nitrogen and oxygen atoms in total. The Hall–Kier alpha value is -0.610. The molecule has 1 N–H and O–H groups in total. The van der Waals surface area contributed by atoms with Crippen LogP contribution >= 0.6 is 15.9 Å². The Morgan fingerprint density at radius 3 is 2.71 bits per heavy atom. The van der Waals surface area contributed by atoms with Crippen LogP contribution in [0, 0.1) is 5.41 Å². The zero-order valence-corrected chi connectivity index (χ0v) is 12.1. The molecule has 1 aromatic heterocycles. The lowest BCUT2D eigenvalue weighted by Crippen LogP contribution is -2.40. The fourth-order valence-electron chi connectivity index (χ4n) is 2.12. The summed E-state index contributed by atoms with van der Waals surface area (Å²) in [5.74, 6) is 0.966. The van der Waals surface area contributed by atoms with Crippen molar-refractivity contribution in [1.29, 1.82) is 0 Å². The molecule has 0 aliphatic carbocycles. The van der Waals surface area contributed by atoms with E-state index in [1.54, 1.807) is 0 Å². The molecule has 1 aromatic rings. The number of nitrogens with zero attached hydrogens (tertiary/aromatic N) is 2. The van der Waals surface area contributed by atoms with Crippen LogP contribution in [-0.4, -0.2) is 36.6 Å². The number of anilines is 1. The predicted octanol–water partition coefficient (Wildman–Crippen LogP) is 2.99. The van der Waals surface area contributed by atoms with Crippen LogP contribution in [0.25, 0.3) is 0 Å². The van der Waals surface area contributed by atoms with Gasteiger partial charge in [0.1, 0.15) is 5.82 Å². The van der Waals surface area contributed by atoms with Gasteiger partial charge in [0.2, 0.25) is 0 Å². The lowest BCUT2D eigenvalue weighted by Gasteiger charge is -2.38. The highest BCUT2D eigenvalue weighted by atomic mass is 79.9. The van der Waals surface area contributed by atoms with E-state index in [1.807, 2.05) is 18.3 Å². The van der Waals surface area contributed by atoms with Gasteiger partial charge in [-0.15, -0.1) is 0 Å². The van der Waals surface area contributed by atoms with E-state index >= 15 is 0 Å². The molecular weight excluding hydrogens is 278 g/mol. The zero-order chi connectivity index (χ0) is 12.3. The van der Waals surface area contributed by atoms with Crippen molar-refractivity contribution < 1.29 is 0 Å². The number of rotatable bonds is 3. The molecule has 1 saturated heterocycles. The normalized spacial score (nSPS) is 20.2. The second-order valence-electron chi connectivity index (χ2n) is 5.33. The number of piperidine rings is 1. The van der Waals surface area contributed by atoms with Gasteiger partial charge in [-0.2, -0.15) is 0 Å². The highest BCUT2D eigenvalue weighted by Gasteiger charge is 2.28. The summed E-state index contributed by atoms with van der Waals surface area (Å²) >= 11 is 3.39. The minimum absolute atomic E-state index is 0.404. The molecule has 0 unspecified atom stereocenters. The van der Waals surface area contributed by atoms with Gasteiger partial charge in [-0.1, -0.05) is 6.92 Å². The number of pyridine rings is 1. The second kappa shape index (κ2) is 5.36. The Balaban J connectivity index is 1.87. The maximum Gasteiger partial charge on any atom is 0.125 e. The number of hydrogen-bond acceptors (Lipinski definition) is 3. The van der Waals surface area contributed by atoms with E-state index in [9.17, 15) is 0 Å². The molecule has 4 heteroatoms. The molecule has 0 radical (unpaired) electrons. The van der Waals surface area contributed by atoms with Crippen LogP contribution in [0.2, 0.25) is 0 Å². The van der Waals surface area contributed by atoms with Crippen molar-refractivity contribution in [3.63, 3.8) is 0 Å². The van der Waals surface area contributed by atoms with E-state index in [2.05, 4.69) is 45.1 Å². The summed E-state index contributed by atoms with van der Waals surface area (Å²) in [4.78, 5) is 6.74. The van der Waals surface area contributed by atoms with Crippen LogP contribution < -0.4 is 5.32 Å². The molecule has 0 saturated carbocycles. The first-order valence-electron chi connectivity index (χ1n) is 6.11. The topological polar surface area (TPSA) is 28.2 Å². The van der Waals surface area contributed by atoms with Gasteiger partial charge in [-0.25, -0.2) is 4.98 Å². The van der Waals surface area contributed by atoms with Crippen molar-refractivity contribution in [2.45, 2.75) is 19.8 Å². The molecule has 2 rings (SSSR count). The summed E-state index contributed by atoms with van der Waals surface area (Å²) in [6.07, 6.45) is 4.35. The van der Waals surface area contributed by atoms with Crippen molar-refractivity contribution in [2.24, 2.45) is 5.41 Å². The molecule has 1 fully saturated rings. The summed E-state index contributed by atoms with van der Waals surface area (Å²) in [6, 6.07) is 4.04. The van der Waals surface area contributed by atoms with Gasteiger partial charge in [0, 0.05) is 17.2 Å². The standard InChI is InChI=1S/C13H20BrN3/c1-13(5-7-17(2)8-6-13)10-16-12-4-3-11(14)9-15-12/h3-4,9H,5-8,10H2,1-2H3,(H,15,16). The van der Waals surface area contributed by atoms with Crippen LogP contribution in [0.15, 0.2) is 22.8 Å². The smallest absolute Gasteiger partial charge is 0.125 e. The number of nitrogens with one attached hydrogen (secondary N) is 1. The molecule has 0 aromatic carbocycles. The third-order valence-electron chi connectivity index (χ3n) is 3.62. The molecule has 0 atom stereocenters. The lowest BCUT2D eigenvalue weighted by atomic mass is 9.80. The van der Waals surface area contributed by atoms with E-state index in [1.165, 1.54) is 25.9 Å². The predicted molar refractivity (Wildman–Crippen MR) is 75.3 cm³/mol. The van der Waals surface area contributed by atoms with Gasteiger partial charge in [-0.05, 0) is 66.5 Å². The quantitative estimate of drug-likeness (QED) is 0.930. The van der Waals surface area contributed by atoms with Crippen LogP contribution in [0.4, 0.5) is 5.82 Å². The lowest BCUT2D eigenvalue weighted by molar-refractivity contribution is 0.150. The van der Waals surface area contributed by atoms with Crippen molar-refractivity contribution in [3.05, 3.63) is 22.8 Å². The van der Waals surface area contributed by atoms with Crippen LogP contribution in [0.5, 0.6) is 0 Å². The third-order valence-corrected chi connectivity index (χ3v) is 4.09. The summed E-state index contributed by atoms with van der Waals surface area (Å²) in [5.41, 5.74) is 0.404. The van der Waals surface area contributed by atoms with Gasteiger partial charge in [0.05, 0.1) is 0 Å². The van der Waals surface area contributed by atoms with Crippen molar-refractivity contribution in [1.82, 2.24) is 9.88 Å². The molecule has 94 valence electrons. The SMILES string of the molecule is CN1CCC(C)(CNc2ccc(Br)cn2)CC1. The van der Waals surface area contributed by atoms with E-state index in [-0.39, 0.29) is 0 Å². The second-order valence-corrected chi connectivity index (χ2v) is 6.24. The number of halogens is 1. The van der Waals surface area contributed by atoms with E-state index in [4.69, 9.17) is 0 Å². The molecule has 0 bridgehead atoms. The van der Waals surface area contributed by atoms with Gasteiger partial charge in [0.15, 0.2) is 0 Å². The summed E-state index contributed by atoms with van der Waals surface area (Å²) in [6.45, 7) is 5.78. The highest BCUT2D eigenvalue weighted by Crippen LogP contribution is 2.30. The van der Waals surface area contributed by atoms with Crippen LogP contribution in [0.1, 0.15) is 19.8 Å². The number of aromatic nitrogens is 1. The van der Waals surface area contributed by atoms with Crippen molar-refractivity contribution >= 4 is 21.7 Å². The molecule has 0 spiro atoms. The maximum absolute atomic E-state index is 4.34. The Morgan fingerprint density at radius 1 is 1.41 bits per heavy atom. The fraction of sp³-hybridized carbons (Fsp3) is 0.615. The number of hydrogen-bond donors (Lipinski definition) is 1. The molecule has 1 aliphatic heterocycles. The third kappa shape index (κ3) is 3.68. The molecule has 2 heterocycles. The Kier molecular flexibility index (Phi) is 4.05. The average molecular weight is 298 g/mol. The van der Waals surface area contributed by atoms with Gasteiger partial charge in [0.25, 0.3) is 0 Å². The van der Waals surface area contributed by atoms with E-state index in [0.717, 1.165) is 16.8 Å². The molecule has 0 amide bonds. The van der Waals surface area contributed by atoms with Crippen LogP contribution in [0.3, 0.4) is 0 Å². The Bertz CT molecular complexity index is 355. The minimum Gasteiger partial charge on any atom is -0.370 e. The summed E-state index contributed by atoms with van der Waals surface area (Å²) < 4.78 is 1.02. The van der Waals surface area contributed by atoms with Crippen LogP contribution in [-0.2, 0) is 0 Å². The van der Waals surface area contributed by atoms with Crippen molar-refractivity contribution in [2.75, 3.05) is 32.0 Å². The highest BCUT2D eigenvalue weighted by molar-refractivity contribution is 9.10. The maximum atomic E-state index is 4.34. The largest absolute Gasteiger partial charge is 0.370 e. The fourth-order valence-corrected chi connectivity index (χ4v) is 2.35. The minimum atomic E-state index is 0.404. The first-order valence-corrected chi connectivity index (χ1v) is 6.91. The summed E-state index contributed by atoms with van der Waals surface area (Å²) in [5, 5.41) is 3.45. The van der Waals surface area contributed by atoms with Gasteiger partial charge < -0.3 is 10.2 Å². The average Bonchev–Trinajstić information content (AvgIpc) is 2.33. The monoisotopic (exact) mass is 297 g/mol. The van der Waals surface area contributed by atoms with E-state index in [0.29, 0.717) is 5.41 Å². The number of likely N-dealkylation sites (tertiary alicyclic amines) is 1. The first kappa shape index (κ1) is 12.8. The Morgan fingerprint density at radius 2 is 2.12 bits per heavy atom. The summed E-state index contributed by atoms with van der Waals surface area (Å²) in [7, 11) is 2.20. The molecule has 17 heavy (non-hydrogen) atoms.